The summed E-state index contributed by atoms with van der Waals surface area (Å²) < 4.78 is 21.4. The van der Waals surface area contributed by atoms with Gasteiger partial charge >= 0.3 is 5.97 Å². The highest BCUT2D eigenvalue weighted by Crippen LogP contribution is 2.33. The number of ether oxygens (including phenoxy) is 3. The number of carbonyl (C=O) groups excluding carboxylic acids is 1. The molecular formula is C18H17NO5. The smallest absolute Gasteiger partial charge is 0.363 e. The number of carbonyl (C=O) groups is 1. The van der Waals surface area contributed by atoms with Gasteiger partial charge in [0.1, 0.15) is 0 Å². The van der Waals surface area contributed by atoms with Gasteiger partial charge in [-0.05, 0) is 30.7 Å². The standard InChI is InChI=1S/C18H17NO5/c1-3-9-23-16-12(6-4-7-14(16)21-2)11-13-18(20)24-17(19-13)15-8-5-10-22-15/h4-8,10-11H,3,9H2,1-2H3/b13-11-. The third-order valence-electron chi connectivity index (χ3n) is 3.32. The average Bonchev–Trinajstić information content (AvgIpc) is 3.24. The summed E-state index contributed by atoms with van der Waals surface area (Å²) in [4.78, 5) is 16.2. The number of benzene rings is 1. The lowest BCUT2D eigenvalue weighted by Gasteiger charge is -2.12. The first-order chi connectivity index (χ1) is 11.7. The fourth-order valence-electron chi connectivity index (χ4n) is 2.23. The van der Waals surface area contributed by atoms with Crippen molar-refractivity contribution in [3.63, 3.8) is 0 Å². The molecule has 6 nitrogen and oxygen atoms in total. The lowest BCUT2D eigenvalue weighted by Crippen LogP contribution is -2.04. The van der Waals surface area contributed by atoms with Crippen LogP contribution in [0, 0.1) is 0 Å². The van der Waals surface area contributed by atoms with E-state index in [9.17, 15) is 4.79 Å². The maximum atomic E-state index is 12.0. The van der Waals surface area contributed by atoms with Crippen molar-refractivity contribution in [1.82, 2.24) is 0 Å². The summed E-state index contributed by atoms with van der Waals surface area (Å²) in [6, 6.07) is 8.83. The Morgan fingerprint density at radius 3 is 2.83 bits per heavy atom. The Hall–Kier alpha value is -3.02. The lowest BCUT2D eigenvalue weighted by atomic mass is 10.1. The molecule has 1 aliphatic rings. The van der Waals surface area contributed by atoms with Crippen molar-refractivity contribution in [1.29, 1.82) is 0 Å². The van der Waals surface area contributed by atoms with Crippen LogP contribution in [0.2, 0.25) is 0 Å². The van der Waals surface area contributed by atoms with Crippen molar-refractivity contribution in [3.8, 4) is 11.5 Å². The maximum Gasteiger partial charge on any atom is 0.363 e. The molecule has 0 saturated heterocycles. The van der Waals surface area contributed by atoms with Crippen molar-refractivity contribution in [2.24, 2.45) is 4.99 Å². The van der Waals surface area contributed by atoms with Gasteiger partial charge in [-0.15, -0.1) is 0 Å². The molecule has 3 rings (SSSR count). The number of hydrogen-bond acceptors (Lipinski definition) is 6. The van der Waals surface area contributed by atoms with Gasteiger partial charge in [-0.2, -0.15) is 0 Å². The monoisotopic (exact) mass is 327 g/mol. The minimum Gasteiger partial charge on any atom is -0.493 e. The molecule has 0 saturated carbocycles. The number of rotatable bonds is 6. The Morgan fingerprint density at radius 1 is 1.25 bits per heavy atom. The van der Waals surface area contributed by atoms with E-state index in [0.717, 1.165) is 6.42 Å². The first kappa shape index (κ1) is 15.9. The van der Waals surface area contributed by atoms with Crippen LogP contribution in [0.4, 0.5) is 0 Å². The molecule has 2 aromatic rings. The van der Waals surface area contributed by atoms with Gasteiger partial charge in [-0.25, -0.2) is 9.79 Å². The van der Waals surface area contributed by atoms with Crippen LogP contribution >= 0.6 is 0 Å². The van der Waals surface area contributed by atoms with Gasteiger partial charge in [0, 0.05) is 5.56 Å². The number of esters is 1. The summed E-state index contributed by atoms with van der Waals surface area (Å²) in [5.41, 5.74) is 0.871. The number of furan rings is 1. The molecule has 0 unspecified atom stereocenters. The van der Waals surface area contributed by atoms with Crippen LogP contribution in [0.25, 0.3) is 6.08 Å². The summed E-state index contributed by atoms with van der Waals surface area (Å²) in [6.45, 7) is 2.56. The second-order valence-corrected chi connectivity index (χ2v) is 5.04. The highest BCUT2D eigenvalue weighted by molar-refractivity contribution is 6.12. The maximum absolute atomic E-state index is 12.0. The molecule has 24 heavy (non-hydrogen) atoms. The van der Waals surface area contributed by atoms with Crippen molar-refractivity contribution in [3.05, 3.63) is 53.6 Å². The van der Waals surface area contributed by atoms with E-state index in [2.05, 4.69) is 4.99 Å². The van der Waals surface area contributed by atoms with Crippen LogP contribution in [0.5, 0.6) is 11.5 Å². The third kappa shape index (κ3) is 3.17. The Bertz CT molecular complexity index is 790. The van der Waals surface area contributed by atoms with Gasteiger partial charge in [-0.3, -0.25) is 0 Å². The summed E-state index contributed by atoms with van der Waals surface area (Å²) in [7, 11) is 1.57. The molecule has 0 bridgehead atoms. The number of nitrogens with zero attached hydrogens (tertiary/aromatic N) is 1. The van der Waals surface area contributed by atoms with E-state index in [4.69, 9.17) is 18.6 Å². The van der Waals surface area contributed by atoms with Gasteiger partial charge in [0.2, 0.25) is 0 Å². The number of hydrogen-bond donors (Lipinski definition) is 0. The fourth-order valence-corrected chi connectivity index (χ4v) is 2.23. The van der Waals surface area contributed by atoms with Gasteiger partial charge in [0.15, 0.2) is 23.0 Å². The molecule has 124 valence electrons. The molecule has 0 N–H and O–H groups in total. The minimum atomic E-state index is -0.536. The van der Waals surface area contributed by atoms with Crippen molar-refractivity contribution >= 4 is 17.9 Å². The van der Waals surface area contributed by atoms with Crippen molar-refractivity contribution in [2.45, 2.75) is 13.3 Å². The van der Waals surface area contributed by atoms with Gasteiger partial charge in [-0.1, -0.05) is 19.1 Å². The average molecular weight is 327 g/mol. The van der Waals surface area contributed by atoms with E-state index in [-0.39, 0.29) is 11.6 Å². The summed E-state index contributed by atoms with van der Waals surface area (Å²) in [5.74, 6) is 1.18. The topological polar surface area (TPSA) is 70.3 Å². The van der Waals surface area contributed by atoms with Gasteiger partial charge < -0.3 is 18.6 Å². The molecule has 0 spiro atoms. The predicted molar refractivity (Wildman–Crippen MR) is 88.1 cm³/mol. The van der Waals surface area contributed by atoms with Gasteiger partial charge in [0.05, 0.1) is 20.0 Å². The molecule has 0 atom stereocenters. The van der Waals surface area contributed by atoms with Crippen LogP contribution < -0.4 is 9.47 Å². The molecule has 0 aliphatic carbocycles. The van der Waals surface area contributed by atoms with Crippen LogP contribution in [-0.4, -0.2) is 25.6 Å². The fraction of sp³-hybridized carbons (Fsp3) is 0.222. The summed E-state index contributed by atoms with van der Waals surface area (Å²) >= 11 is 0. The van der Waals surface area contributed by atoms with Crippen LogP contribution in [-0.2, 0) is 9.53 Å². The quantitative estimate of drug-likeness (QED) is 0.600. The Labute approximate surface area is 139 Å². The largest absolute Gasteiger partial charge is 0.493 e. The Morgan fingerprint density at radius 2 is 2.12 bits per heavy atom. The van der Waals surface area contributed by atoms with Crippen molar-refractivity contribution in [2.75, 3.05) is 13.7 Å². The minimum absolute atomic E-state index is 0.148. The number of cyclic esters (lactones) is 1. The Balaban J connectivity index is 1.97. The number of aliphatic imine (C=N–C) groups is 1. The zero-order valence-corrected chi connectivity index (χ0v) is 13.4. The Kier molecular flexibility index (Phi) is 4.65. The molecule has 1 aliphatic heterocycles. The summed E-state index contributed by atoms with van der Waals surface area (Å²) in [6.07, 6.45) is 3.97. The second-order valence-electron chi connectivity index (χ2n) is 5.04. The van der Waals surface area contributed by atoms with Gasteiger partial charge in [0.25, 0.3) is 5.90 Å². The van der Waals surface area contributed by atoms with E-state index in [1.165, 1.54) is 6.26 Å². The molecule has 1 aromatic carbocycles. The molecule has 0 fully saturated rings. The highest BCUT2D eigenvalue weighted by atomic mass is 16.6. The van der Waals surface area contributed by atoms with Crippen LogP contribution in [0.15, 0.2) is 51.7 Å². The van der Waals surface area contributed by atoms with Crippen molar-refractivity contribution < 1.29 is 23.4 Å². The molecule has 0 amide bonds. The summed E-state index contributed by atoms with van der Waals surface area (Å²) in [5, 5.41) is 0. The molecule has 2 heterocycles. The van der Waals surface area contributed by atoms with Crippen LogP contribution in [0.1, 0.15) is 24.7 Å². The molecular weight excluding hydrogens is 310 g/mol. The molecule has 1 aromatic heterocycles. The first-order valence-corrected chi connectivity index (χ1v) is 7.59. The van der Waals surface area contributed by atoms with E-state index in [1.54, 1.807) is 31.4 Å². The van der Waals surface area contributed by atoms with E-state index in [1.807, 2.05) is 19.1 Å². The zero-order chi connectivity index (χ0) is 16.9. The van der Waals surface area contributed by atoms with E-state index in [0.29, 0.717) is 29.4 Å². The first-order valence-electron chi connectivity index (χ1n) is 7.59. The molecule has 6 heteroatoms. The zero-order valence-electron chi connectivity index (χ0n) is 13.4. The van der Waals surface area contributed by atoms with E-state index >= 15 is 0 Å². The highest BCUT2D eigenvalue weighted by Gasteiger charge is 2.26. The number of methoxy groups -OCH3 is 1. The SMILES string of the molecule is CCCOc1c(/C=C2\N=C(c3ccco3)OC2=O)cccc1OC. The normalized spacial score (nSPS) is 15.3. The number of para-hydroxylation sites is 1. The predicted octanol–water partition coefficient (Wildman–Crippen LogP) is 3.42. The van der Waals surface area contributed by atoms with Crippen LogP contribution in [0.3, 0.4) is 0 Å². The second kappa shape index (κ2) is 7.04. The van der Waals surface area contributed by atoms with E-state index < -0.39 is 5.97 Å². The third-order valence-corrected chi connectivity index (χ3v) is 3.32. The lowest BCUT2D eigenvalue weighted by molar-refractivity contribution is -0.130. The molecule has 0 radical (unpaired) electrons.